The van der Waals surface area contributed by atoms with Gasteiger partial charge in [0.15, 0.2) is 0 Å². The molecular weight excluding hydrogens is 96.1 g/mol. The minimum Gasteiger partial charge on any atom is -0.0885 e. The standard InChI is InChI=1S/C8H13/c1-3-5-7-8-6-4-2/h1,6,8H,2-5,7H2. The molecule has 0 aromatic carbocycles. The highest BCUT2D eigenvalue weighted by Crippen LogP contribution is 1.94. The van der Waals surface area contributed by atoms with Gasteiger partial charge < -0.3 is 0 Å². The maximum atomic E-state index is 5.26. The monoisotopic (exact) mass is 109 g/mol. The van der Waals surface area contributed by atoms with Crippen molar-refractivity contribution in [3.05, 3.63) is 26.0 Å². The summed E-state index contributed by atoms with van der Waals surface area (Å²) in [7, 11) is 0. The van der Waals surface area contributed by atoms with Crippen molar-refractivity contribution in [2.45, 2.75) is 25.7 Å². The molecule has 0 aliphatic heterocycles. The highest BCUT2D eigenvalue weighted by Gasteiger charge is 1.74. The van der Waals surface area contributed by atoms with Gasteiger partial charge in [-0.3, -0.25) is 0 Å². The minimum atomic E-state index is 0.793. The number of unbranched alkanes of at least 4 members (excludes halogenated alkanes) is 2. The fraction of sp³-hybridized carbons (Fsp3) is 0.500. The molecule has 3 radical (unpaired) electrons. The molecule has 0 saturated heterocycles. The molecule has 0 aliphatic rings. The Hall–Kier alpha value is -0.260. The number of rotatable bonds is 4. The van der Waals surface area contributed by atoms with Crippen LogP contribution in [-0.2, 0) is 0 Å². The third-order valence-electron chi connectivity index (χ3n) is 0.908. The van der Waals surface area contributed by atoms with Crippen molar-refractivity contribution in [2.75, 3.05) is 0 Å². The number of hydrogen-bond acceptors (Lipinski definition) is 0. The number of allylic oxidation sites excluding steroid dienone is 2. The molecule has 0 fully saturated rings. The average Bonchev–Trinajstić information content (AvgIpc) is 1.81. The zero-order chi connectivity index (χ0) is 6.24. The van der Waals surface area contributed by atoms with Crippen LogP contribution in [0.3, 0.4) is 0 Å². The lowest BCUT2D eigenvalue weighted by Gasteiger charge is -1.85. The summed E-state index contributed by atoms with van der Waals surface area (Å²) in [5, 5.41) is 0. The Labute approximate surface area is 52.6 Å². The summed E-state index contributed by atoms with van der Waals surface area (Å²) in [6, 6.07) is 0. The van der Waals surface area contributed by atoms with Crippen molar-refractivity contribution in [3.63, 3.8) is 0 Å². The Morgan fingerprint density at radius 3 is 2.62 bits per heavy atom. The van der Waals surface area contributed by atoms with Crippen molar-refractivity contribution >= 4 is 0 Å². The fourth-order valence-electron chi connectivity index (χ4n) is 0.471. The second-order valence-electron chi connectivity index (χ2n) is 1.69. The molecule has 8 heavy (non-hydrogen) atoms. The van der Waals surface area contributed by atoms with E-state index in [-0.39, 0.29) is 0 Å². The zero-order valence-corrected chi connectivity index (χ0v) is 5.27. The van der Waals surface area contributed by atoms with Crippen LogP contribution >= 0.6 is 0 Å². The van der Waals surface area contributed by atoms with E-state index in [0.717, 1.165) is 25.7 Å². The quantitative estimate of drug-likeness (QED) is 0.384. The van der Waals surface area contributed by atoms with E-state index in [4.69, 9.17) is 6.92 Å². The van der Waals surface area contributed by atoms with E-state index in [9.17, 15) is 0 Å². The molecular formula is C8H13. The van der Waals surface area contributed by atoms with Crippen LogP contribution < -0.4 is 0 Å². The van der Waals surface area contributed by atoms with Gasteiger partial charge in [-0.1, -0.05) is 12.2 Å². The molecule has 45 valence electrons. The lowest BCUT2D eigenvalue weighted by molar-refractivity contribution is 0.864. The second-order valence-corrected chi connectivity index (χ2v) is 1.69. The van der Waals surface area contributed by atoms with Crippen LogP contribution in [0.1, 0.15) is 25.7 Å². The molecule has 0 heteroatoms. The van der Waals surface area contributed by atoms with Crippen molar-refractivity contribution in [3.8, 4) is 0 Å². The van der Waals surface area contributed by atoms with Gasteiger partial charge in [-0.25, -0.2) is 0 Å². The molecule has 0 aromatic heterocycles. The highest BCUT2D eigenvalue weighted by atomic mass is 13.8. The van der Waals surface area contributed by atoms with Gasteiger partial charge in [0.05, 0.1) is 0 Å². The Morgan fingerprint density at radius 2 is 2.12 bits per heavy atom. The predicted molar refractivity (Wildman–Crippen MR) is 37.3 cm³/mol. The van der Waals surface area contributed by atoms with Crippen molar-refractivity contribution in [2.24, 2.45) is 0 Å². The van der Waals surface area contributed by atoms with Crippen LogP contribution in [0.15, 0.2) is 12.2 Å². The summed E-state index contributed by atoms with van der Waals surface area (Å²) < 4.78 is 0. The topological polar surface area (TPSA) is 0 Å². The maximum absolute atomic E-state index is 5.26. The molecule has 0 amide bonds. The van der Waals surface area contributed by atoms with Crippen molar-refractivity contribution in [1.29, 1.82) is 0 Å². The third-order valence-corrected chi connectivity index (χ3v) is 0.908. The van der Waals surface area contributed by atoms with Gasteiger partial charge in [0.1, 0.15) is 0 Å². The fourth-order valence-corrected chi connectivity index (χ4v) is 0.471. The molecule has 0 N–H and O–H groups in total. The lowest BCUT2D eigenvalue weighted by atomic mass is 10.2. The molecule has 0 nitrogen and oxygen atoms in total. The van der Waals surface area contributed by atoms with Gasteiger partial charge in [-0.15, -0.1) is 0 Å². The summed E-state index contributed by atoms with van der Waals surface area (Å²) in [6.45, 7) is 8.93. The second kappa shape index (κ2) is 6.74. The van der Waals surface area contributed by atoms with E-state index >= 15 is 0 Å². The van der Waals surface area contributed by atoms with E-state index < -0.39 is 0 Å². The minimum absolute atomic E-state index is 0.793. The molecule has 0 spiro atoms. The maximum Gasteiger partial charge on any atom is -0.0351 e. The van der Waals surface area contributed by atoms with Crippen LogP contribution in [0.2, 0.25) is 0 Å². The Bertz CT molecular complexity index is 53.1. The van der Waals surface area contributed by atoms with Crippen LogP contribution in [0.5, 0.6) is 0 Å². The average molecular weight is 109 g/mol. The summed E-state index contributed by atoms with van der Waals surface area (Å²) in [5.74, 6) is 0. The first-order chi connectivity index (χ1) is 3.91. The molecule has 0 aromatic rings. The summed E-state index contributed by atoms with van der Waals surface area (Å²) in [5.41, 5.74) is 0. The van der Waals surface area contributed by atoms with Crippen LogP contribution in [0.25, 0.3) is 0 Å². The van der Waals surface area contributed by atoms with E-state index in [1.54, 1.807) is 0 Å². The van der Waals surface area contributed by atoms with E-state index in [1.165, 1.54) is 0 Å². The molecule has 0 rings (SSSR count). The van der Waals surface area contributed by atoms with Gasteiger partial charge in [0, 0.05) is 0 Å². The smallest absolute Gasteiger partial charge is 0.0351 e. The van der Waals surface area contributed by atoms with Gasteiger partial charge >= 0.3 is 0 Å². The molecule has 0 aliphatic carbocycles. The first-order valence-corrected chi connectivity index (χ1v) is 3.06. The summed E-state index contributed by atoms with van der Waals surface area (Å²) in [6.07, 6.45) is 8.07. The largest absolute Gasteiger partial charge is 0.0885 e. The van der Waals surface area contributed by atoms with E-state index in [0.29, 0.717) is 0 Å². The molecule has 0 bridgehead atoms. The van der Waals surface area contributed by atoms with E-state index in [2.05, 4.69) is 19.1 Å². The number of hydrogen-bond donors (Lipinski definition) is 0. The predicted octanol–water partition coefficient (Wildman–Crippen LogP) is 2.65. The summed E-state index contributed by atoms with van der Waals surface area (Å²) >= 11 is 0. The molecule has 0 atom stereocenters. The lowest BCUT2D eigenvalue weighted by Crippen LogP contribution is -1.65. The van der Waals surface area contributed by atoms with Crippen LogP contribution in [0.4, 0.5) is 0 Å². The first-order valence-electron chi connectivity index (χ1n) is 3.06. The van der Waals surface area contributed by atoms with Gasteiger partial charge in [0.2, 0.25) is 0 Å². The van der Waals surface area contributed by atoms with Crippen molar-refractivity contribution in [1.82, 2.24) is 0 Å². The third kappa shape index (κ3) is 5.74. The van der Waals surface area contributed by atoms with Gasteiger partial charge in [0.25, 0.3) is 0 Å². The first kappa shape index (κ1) is 7.74. The highest BCUT2D eigenvalue weighted by molar-refractivity contribution is 4.81. The molecule has 0 saturated carbocycles. The normalized spacial score (nSPS) is 10.8. The van der Waals surface area contributed by atoms with E-state index in [1.807, 2.05) is 0 Å². The SMILES string of the molecule is [CH]CCCC=CC[CH2]. The molecule has 0 unspecified atom stereocenters. The Balaban J connectivity index is 2.80. The summed E-state index contributed by atoms with van der Waals surface area (Å²) in [4.78, 5) is 0. The van der Waals surface area contributed by atoms with Crippen LogP contribution in [-0.4, -0.2) is 0 Å². The van der Waals surface area contributed by atoms with Crippen LogP contribution in [0, 0.1) is 13.8 Å². The molecule has 0 heterocycles. The Morgan fingerprint density at radius 1 is 1.38 bits per heavy atom. The zero-order valence-electron chi connectivity index (χ0n) is 5.27. The van der Waals surface area contributed by atoms with Gasteiger partial charge in [-0.2, -0.15) is 0 Å². The van der Waals surface area contributed by atoms with Gasteiger partial charge in [-0.05, 0) is 39.5 Å². The van der Waals surface area contributed by atoms with Crippen molar-refractivity contribution < 1.29 is 0 Å². The Kier molecular flexibility index (Phi) is 6.52.